The van der Waals surface area contributed by atoms with Gasteiger partial charge in [0.05, 0.1) is 11.4 Å². The number of hydrogen-bond donors (Lipinski definition) is 1. The molecule has 0 saturated heterocycles. The molecule has 13 heavy (non-hydrogen) atoms. The fraction of sp³-hybridized carbons (Fsp3) is 0.700. The molecule has 3 heteroatoms. The van der Waals surface area contributed by atoms with E-state index in [-0.39, 0.29) is 0 Å². The molecule has 0 unspecified atom stereocenters. The lowest BCUT2D eigenvalue weighted by Gasteiger charge is -2.22. The highest BCUT2D eigenvalue weighted by atomic mass is 15.3. The molecule has 1 aromatic heterocycles. The molecule has 0 fully saturated rings. The van der Waals surface area contributed by atoms with Crippen LogP contribution >= 0.6 is 0 Å². The summed E-state index contributed by atoms with van der Waals surface area (Å²) in [5.74, 6) is 0. The van der Waals surface area contributed by atoms with Gasteiger partial charge in [-0.2, -0.15) is 5.10 Å². The molecule has 3 nitrogen and oxygen atoms in total. The number of aromatic nitrogens is 2. The molecule has 0 saturated carbocycles. The van der Waals surface area contributed by atoms with Gasteiger partial charge in [0, 0.05) is 12.7 Å². The van der Waals surface area contributed by atoms with Gasteiger partial charge in [0.25, 0.3) is 0 Å². The van der Waals surface area contributed by atoms with E-state index in [2.05, 4.69) is 25.9 Å². The van der Waals surface area contributed by atoms with Crippen molar-refractivity contribution in [2.75, 3.05) is 5.73 Å². The number of nitrogens with two attached hydrogens (primary N) is 1. The molecule has 0 atom stereocenters. The van der Waals surface area contributed by atoms with Crippen LogP contribution in [-0.2, 0) is 6.54 Å². The minimum absolute atomic E-state index is 0.297. The van der Waals surface area contributed by atoms with E-state index in [1.807, 2.05) is 17.8 Å². The highest BCUT2D eigenvalue weighted by Crippen LogP contribution is 2.22. The summed E-state index contributed by atoms with van der Waals surface area (Å²) in [6, 6.07) is 0. The Labute approximate surface area is 79.9 Å². The molecular formula is C10H19N3. The maximum atomic E-state index is 5.72. The third-order valence-corrected chi connectivity index (χ3v) is 2.53. The standard InChI is InChI=1S/C10H19N3/c1-5-10(3,4)7-13-6-9(11)8(2)12-13/h6H,5,7,11H2,1-4H3. The van der Waals surface area contributed by atoms with Crippen molar-refractivity contribution in [2.45, 2.75) is 40.7 Å². The Balaban J connectivity index is 2.75. The summed E-state index contributed by atoms with van der Waals surface area (Å²) in [5.41, 5.74) is 7.72. The van der Waals surface area contributed by atoms with E-state index < -0.39 is 0 Å². The zero-order chi connectivity index (χ0) is 10.1. The van der Waals surface area contributed by atoms with Crippen LogP contribution in [0.1, 0.15) is 32.9 Å². The molecule has 0 bridgehead atoms. The van der Waals surface area contributed by atoms with Crippen molar-refractivity contribution < 1.29 is 0 Å². The van der Waals surface area contributed by atoms with Gasteiger partial charge in [-0.3, -0.25) is 4.68 Å². The molecule has 1 heterocycles. The van der Waals surface area contributed by atoms with E-state index in [0.717, 1.165) is 24.3 Å². The topological polar surface area (TPSA) is 43.8 Å². The highest BCUT2D eigenvalue weighted by Gasteiger charge is 2.16. The average molecular weight is 181 g/mol. The molecule has 0 aliphatic carbocycles. The van der Waals surface area contributed by atoms with Gasteiger partial charge in [-0.25, -0.2) is 0 Å². The first-order valence-electron chi connectivity index (χ1n) is 4.74. The molecule has 0 aliphatic heterocycles. The SMILES string of the molecule is CCC(C)(C)Cn1cc(N)c(C)n1. The van der Waals surface area contributed by atoms with Crippen LogP contribution in [0.5, 0.6) is 0 Å². The minimum atomic E-state index is 0.297. The van der Waals surface area contributed by atoms with Crippen LogP contribution in [0.2, 0.25) is 0 Å². The third kappa shape index (κ3) is 2.47. The first kappa shape index (κ1) is 10.1. The Bertz CT molecular complexity index is 267. The van der Waals surface area contributed by atoms with Crippen molar-refractivity contribution in [3.8, 4) is 0 Å². The molecule has 0 spiro atoms. The minimum Gasteiger partial charge on any atom is -0.396 e. The van der Waals surface area contributed by atoms with Crippen molar-refractivity contribution in [3.63, 3.8) is 0 Å². The van der Waals surface area contributed by atoms with E-state index in [1.54, 1.807) is 0 Å². The zero-order valence-electron chi connectivity index (χ0n) is 8.96. The summed E-state index contributed by atoms with van der Waals surface area (Å²) in [7, 11) is 0. The quantitative estimate of drug-likeness (QED) is 0.777. The van der Waals surface area contributed by atoms with Crippen LogP contribution in [-0.4, -0.2) is 9.78 Å². The van der Waals surface area contributed by atoms with Gasteiger partial charge >= 0.3 is 0 Å². The molecule has 1 aromatic rings. The highest BCUT2D eigenvalue weighted by molar-refractivity contribution is 5.39. The number of rotatable bonds is 3. The molecular weight excluding hydrogens is 162 g/mol. The number of anilines is 1. The van der Waals surface area contributed by atoms with Crippen LogP contribution in [0.15, 0.2) is 6.20 Å². The first-order valence-corrected chi connectivity index (χ1v) is 4.74. The zero-order valence-corrected chi connectivity index (χ0v) is 8.96. The fourth-order valence-corrected chi connectivity index (χ4v) is 1.16. The van der Waals surface area contributed by atoms with Crippen molar-refractivity contribution in [3.05, 3.63) is 11.9 Å². The summed E-state index contributed by atoms with van der Waals surface area (Å²) >= 11 is 0. The lowest BCUT2D eigenvalue weighted by atomic mass is 9.90. The van der Waals surface area contributed by atoms with Gasteiger partial charge in [-0.1, -0.05) is 20.8 Å². The van der Waals surface area contributed by atoms with Crippen LogP contribution in [0.4, 0.5) is 5.69 Å². The van der Waals surface area contributed by atoms with Crippen LogP contribution in [0, 0.1) is 12.3 Å². The predicted molar refractivity (Wildman–Crippen MR) is 55.4 cm³/mol. The largest absolute Gasteiger partial charge is 0.396 e. The number of nitrogens with zero attached hydrogens (tertiary/aromatic N) is 2. The maximum Gasteiger partial charge on any atom is 0.0822 e. The predicted octanol–water partition coefficient (Wildman–Crippen LogP) is 2.21. The Hall–Kier alpha value is -0.990. The summed E-state index contributed by atoms with van der Waals surface area (Å²) < 4.78 is 1.94. The molecule has 0 aromatic carbocycles. The second-order valence-electron chi connectivity index (χ2n) is 4.39. The van der Waals surface area contributed by atoms with Crippen LogP contribution < -0.4 is 5.73 Å². The lowest BCUT2D eigenvalue weighted by Crippen LogP contribution is -2.18. The van der Waals surface area contributed by atoms with E-state index >= 15 is 0 Å². The van der Waals surface area contributed by atoms with Crippen molar-refractivity contribution >= 4 is 5.69 Å². The molecule has 2 N–H and O–H groups in total. The van der Waals surface area contributed by atoms with E-state index in [4.69, 9.17) is 5.73 Å². The van der Waals surface area contributed by atoms with Crippen molar-refractivity contribution in [2.24, 2.45) is 5.41 Å². The number of nitrogen functional groups attached to an aromatic ring is 1. The Morgan fingerprint density at radius 1 is 1.54 bits per heavy atom. The summed E-state index contributed by atoms with van der Waals surface area (Å²) in [6.07, 6.45) is 3.05. The Kier molecular flexibility index (Phi) is 2.64. The summed E-state index contributed by atoms with van der Waals surface area (Å²) in [4.78, 5) is 0. The second kappa shape index (κ2) is 3.40. The van der Waals surface area contributed by atoms with Gasteiger partial charge in [-0.15, -0.1) is 0 Å². The number of aryl methyl sites for hydroxylation is 1. The van der Waals surface area contributed by atoms with E-state index in [1.165, 1.54) is 0 Å². The summed E-state index contributed by atoms with van der Waals surface area (Å²) in [6.45, 7) is 9.53. The molecule has 0 amide bonds. The van der Waals surface area contributed by atoms with E-state index in [9.17, 15) is 0 Å². The van der Waals surface area contributed by atoms with Gasteiger partial charge in [0.1, 0.15) is 0 Å². The molecule has 1 rings (SSSR count). The lowest BCUT2D eigenvalue weighted by molar-refractivity contribution is 0.280. The average Bonchev–Trinajstić information content (AvgIpc) is 2.30. The van der Waals surface area contributed by atoms with Gasteiger partial charge < -0.3 is 5.73 Å². The Morgan fingerprint density at radius 3 is 2.54 bits per heavy atom. The third-order valence-electron chi connectivity index (χ3n) is 2.53. The molecule has 0 aliphatic rings. The number of hydrogen-bond acceptors (Lipinski definition) is 2. The van der Waals surface area contributed by atoms with Gasteiger partial charge in [-0.05, 0) is 18.8 Å². The molecule has 74 valence electrons. The van der Waals surface area contributed by atoms with Crippen molar-refractivity contribution in [1.82, 2.24) is 9.78 Å². The van der Waals surface area contributed by atoms with Crippen LogP contribution in [0.3, 0.4) is 0 Å². The first-order chi connectivity index (χ1) is 5.94. The monoisotopic (exact) mass is 181 g/mol. The molecule has 0 radical (unpaired) electrons. The van der Waals surface area contributed by atoms with E-state index in [0.29, 0.717) is 5.41 Å². The van der Waals surface area contributed by atoms with Gasteiger partial charge in [0.15, 0.2) is 0 Å². The fourth-order valence-electron chi connectivity index (χ4n) is 1.16. The maximum absolute atomic E-state index is 5.72. The van der Waals surface area contributed by atoms with Crippen LogP contribution in [0.25, 0.3) is 0 Å². The van der Waals surface area contributed by atoms with Crippen molar-refractivity contribution in [1.29, 1.82) is 0 Å². The Morgan fingerprint density at radius 2 is 2.15 bits per heavy atom. The second-order valence-corrected chi connectivity index (χ2v) is 4.39. The van der Waals surface area contributed by atoms with Gasteiger partial charge in [0.2, 0.25) is 0 Å². The normalized spacial score (nSPS) is 12.0. The smallest absolute Gasteiger partial charge is 0.0822 e. The summed E-state index contributed by atoms with van der Waals surface area (Å²) in [5, 5.41) is 4.34.